The van der Waals surface area contributed by atoms with Gasteiger partial charge in [-0.25, -0.2) is 0 Å². The van der Waals surface area contributed by atoms with Gasteiger partial charge in [-0.05, 0) is 81.2 Å². The standard InChI is InChI=1S/C30H20OP.C25H30N.Ir/c31-32(28-16-13-22-7-1-4-10-25(22)19-28,29-17-14-23-8-2-5-11-26(23)20-29)30-18-15-24-9-3-6-12-27(24)21-30;1-16(2)11-20-7-9-25-22(23(20)12-17(3)4)8-10-24(26-25)21-14-18(5)13-19(6)15-21;/h1-17,19-21H;7-10,13-14,16-17H,11-12H2,1-6H3;/q2*-1;. The number of pyridine rings is 1. The van der Waals surface area contributed by atoms with Crippen molar-refractivity contribution in [1.29, 1.82) is 0 Å². The van der Waals surface area contributed by atoms with Crippen molar-refractivity contribution in [3.8, 4) is 11.3 Å². The molecule has 0 unspecified atom stereocenters. The van der Waals surface area contributed by atoms with E-state index in [0.29, 0.717) is 11.8 Å². The molecule has 0 aliphatic heterocycles. The molecule has 0 aliphatic carbocycles. The molecule has 0 atom stereocenters. The zero-order valence-electron chi connectivity index (χ0n) is 34.7. The van der Waals surface area contributed by atoms with Crippen LogP contribution in [0.25, 0.3) is 54.5 Å². The normalized spacial score (nSPS) is 11.6. The van der Waals surface area contributed by atoms with E-state index in [1.54, 1.807) is 0 Å². The Morgan fingerprint density at radius 3 is 1.71 bits per heavy atom. The smallest absolute Gasteiger partial charge is 0.147 e. The second kappa shape index (κ2) is 18.0. The molecule has 0 saturated carbocycles. The number of fused-ring (bicyclic) bond motifs is 4. The average Bonchev–Trinajstić information content (AvgIpc) is 3.23. The molecule has 0 fully saturated rings. The van der Waals surface area contributed by atoms with Crippen LogP contribution in [0.4, 0.5) is 0 Å². The van der Waals surface area contributed by atoms with Crippen molar-refractivity contribution < 1.29 is 24.7 Å². The molecule has 1 aromatic heterocycles. The van der Waals surface area contributed by atoms with E-state index in [4.69, 9.17) is 4.98 Å². The van der Waals surface area contributed by atoms with Crippen LogP contribution in [0.1, 0.15) is 49.9 Å². The fraction of sp³-hybridized carbons (Fsp3) is 0.182. The maximum Gasteiger partial charge on any atom is 0.147 e. The monoisotopic (exact) mass is 964 g/mol. The van der Waals surface area contributed by atoms with Crippen molar-refractivity contribution in [1.82, 2.24) is 4.98 Å². The molecule has 0 N–H and O–H groups in total. The minimum absolute atomic E-state index is 0. The Labute approximate surface area is 363 Å². The number of rotatable bonds is 8. The zero-order chi connectivity index (χ0) is 40.4. The quantitative estimate of drug-likeness (QED) is 0.112. The molecule has 1 heterocycles. The number of aryl methyl sites for hydroxylation is 2. The van der Waals surface area contributed by atoms with Gasteiger partial charge in [0.25, 0.3) is 0 Å². The van der Waals surface area contributed by atoms with Crippen LogP contribution in [0, 0.1) is 37.8 Å². The second-order valence-electron chi connectivity index (χ2n) is 16.5. The van der Waals surface area contributed by atoms with Crippen LogP contribution in [0.15, 0.2) is 158 Å². The summed E-state index contributed by atoms with van der Waals surface area (Å²) >= 11 is 0. The van der Waals surface area contributed by atoms with Gasteiger partial charge in [-0.3, -0.25) is 4.98 Å². The minimum atomic E-state index is -3.15. The van der Waals surface area contributed by atoms with Crippen LogP contribution < -0.4 is 15.9 Å². The minimum Gasteiger partial charge on any atom is -0.311 e. The number of benzene rings is 8. The molecule has 9 aromatic rings. The molecular weight excluding hydrogens is 914 g/mol. The Hall–Kier alpha value is -5.17. The van der Waals surface area contributed by atoms with Crippen LogP contribution in [0.2, 0.25) is 0 Å². The summed E-state index contributed by atoms with van der Waals surface area (Å²) in [7, 11) is -3.15. The van der Waals surface area contributed by atoms with Crippen LogP contribution in [0.3, 0.4) is 0 Å². The van der Waals surface area contributed by atoms with Gasteiger partial charge in [-0.1, -0.05) is 156 Å². The fourth-order valence-electron chi connectivity index (χ4n) is 8.24. The Morgan fingerprint density at radius 1 is 0.576 bits per heavy atom. The molecule has 297 valence electrons. The van der Waals surface area contributed by atoms with Crippen molar-refractivity contribution in [2.45, 2.75) is 54.4 Å². The first kappa shape index (κ1) is 42.0. The van der Waals surface area contributed by atoms with Gasteiger partial charge in [0.05, 0.1) is 5.52 Å². The van der Waals surface area contributed by atoms with E-state index in [0.717, 1.165) is 83.4 Å². The van der Waals surface area contributed by atoms with Gasteiger partial charge in [0, 0.05) is 36.1 Å². The van der Waals surface area contributed by atoms with Crippen molar-refractivity contribution in [2.75, 3.05) is 0 Å². The second-order valence-corrected chi connectivity index (χ2v) is 19.3. The van der Waals surface area contributed by atoms with Gasteiger partial charge in [0.15, 0.2) is 0 Å². The molecule has 4 heteroatoms. The molecule has 0 amide bonds. The van der Waals surface area contributed by atoms with Gasteiger partial charge in [-0.2, -0.15) is 18.2 Å². The van der Waals surface area contributed by atoms with E-state index < -0.39 is 7.14 Å². The predicted molar refractivity (Wildman–Crippen MR) is 250 cm³/mol. The first-order chi connectivity index (χ1) is 28.0. The van der Waals surface area contributed by atoms with E-state index >= 15 is 4.57 Å². The summed E-state index contributed by atoms with van der Waals surface area (Å²) in [5, 5.41) is 10.3. The van der Waals surface area contributed by atoms with Crippen molar-refractivity contribution >= 4 is 66.3 Å². The van der Waals surface area contributed by atoms with Crippen LogP contribution >= 0.6 is 7.14 Å². The molecule has 59 heavy (non-hydrogen) atoms. The maximum absolute atomic E-state index is 15.1. The van der Waals surface area contributed by atoms with Crippen molar-refractivity contribution in [3.05, 3.63) is 192 Å². The van der Waals surface area contributed by atoms with E-state index in [9.17, 15) is 0 Å². The predicted octanol–water partition coefficient (Wildman–Crippen LogP) is 13.3. The summed E-state index contributed by atoms with van der Waals surface area (Å²) in [6.07, 6.45) is 2.24. The Kier molecular flexibility index (Phi) is 12.8. The maximum atomic E-state index is 15.1. The van der Waals surface area contributed by atoms with Gasteiger partial charge < -0.3 is 4.57 Å². The number of nitrogens with zero attached hydrogens (tertiary/aromatic N) is 1. The molecule has 2 nitrogen and oxygen atoms in total. The summed E-state index contributed by atoms with van der Waals surface area (Å²) < 4.78 is 15.1. The van der Waals surface area contributed by atoms with E-state index in [1.807, 2.05) is 60.7 Å². The molecule has 8 aromatic carbocycles. The van der Waals surface area contributed by atoms with Gasteiger partial charge in [0.1, 0.15) is 7.14 Å². The summed E-state index contributed by atoms with van der Waals surface area (Å²) in [5.41, 5.74) is 8.57. The Morgan fingerprint density at radius 2 is 1.14 bits per heavy atom. The average molecular weight is 964 g/mol. The van der Waals surface area contributed by atoms with E-state index in [1.165, 1.54) is 22.1 Å². The third kappa shape index (κ3) is 9.05. The summed E-state index contributed by atoms with van der Waals surface area (Å²) in [6, 6.07) is 61.0. The van der Waals surface area contributed by atoms with Crippen LogP contribution in [-0.2, 0) is 37.5 Å². The zero-order valence-corrected chi connectivity index (χ0v) is 38.0. The molecular formula is C55H50IrNOP-2. The summed E-state index contributed by atoms with van der Waals surface area (Å²) in [6.45, 7) is 13.4. The number of hydrogen-bond donors (Lipinski definition) is 0. The Bertz CT molecular complexity index is 2770. The summed E-state index contributed by atoms with van der Waals surface area (Å²) in [5.74, 6) is 1.30. The van der Waals surface area contributed by atoms with Crippen LogP contribution in [0.5, 0.6) is 0 Å². The summed E-state index contributed by atoms with van der Waals surface area (Å²) in [4.78, 5) is 4.98. The third-order valence-electron chi connectivity index (χ3n) is 10.9. The number of hydrogen-bond acceptors (Lipinski definition) is 2. The SMILES string of the molecule is Cc1[c-]c(-c2ccc3c(CC(C)C)c(CC(C)C)ccc3n2)cc(C)c1.O=P(c1[c-]cc2ccccc2c1)(c1ccc2ccccc2c1)c1ccc2ccccc2c1.[Ir]. The fourth-order valence-corrected chi connectivity index (χ4v) is 10.9. The molecule has 0 spiro atoms. The largest absolute Gasteiger partial charge is 0.311 e. The van der Waals surface area contributed by atoms with Crippen LogP contribution in [-0.4, -0.2) is 4.98 Å². The third-order valence-corrected chi connectivity index (χ3v) is 13.9. The van der Waals surface area contributed by atoms with Crippen molar-refractivity contribution in [2.24, 2.45) is 11.8 Å². The van der Waals surface area contributed by atoms with Gasteiger partial charge in [0.2, 0.25) is 0 Å². The Balaban J connectivity index is 0.000000180. The number of aromatic nitrogens is 1. The van der Waals surface area contributed by atoms with E-state index in [2.05, 4.69) is 151 Å². The first-order valence-corrected chi connectivity index (χ1v) is 22.2. The molecule has 1 radical (unpaired) electrons. The first-order valence-electron chi connectivity index (χ1n) is 20.5. The molecule has 0 aliphatic rings. The van der Waals surface area contributed by atoms with Gasteiger partial charge in [-0.15, -0.1) is 51.7 Å². The van der Waals surface area contributed by atoms with Gasteiger partial charge >= 0.3 is 0 Å². The molecule has 0 saturated heterocycles. The molecule has 9 rings (SSSR count). The van der Waals surface area contributed by atoms with Crippen molar-refractivity contribution in [3.63, 3.8) is 0 Å². The van der Waals surface area contributed by atoms with E-state index in [-0.39, 0.29) is 20.1 Å². The molecule has 0 bridgehead atoms. The topological polar surface area (TPSA) is 30.0 Å².